The lowest BCUT2D eigenvalue weighted by Crippen LogP contribution is -2.13. The van der Waals surface area contributed by atoms with Crippen molar-refractivity contribution in [3.63, 3.8) is 0 Å². The van der Waals surface area contributed by atoms with E-state index in [4.69, 9.17) is 5.11 Å². The Hall–Kier alpha value is -0.900. The fourth-order valence-electron chi connectivity index (χ4n) is 1.90. The Morgan fingerprint density at radius 2 is 1.26 bits per heavy atom. The molecule has 112 valence electrons. The third-order valence-corrected chi connectivity index (χ3v) is 3.03. The average Bonchev–Trinajstić information content (AvgIpc) is 2.37. The smallest absolute Gasteiger partial charge is 0.315 e. The maximum absolute atomic E-state index is 11.2. The molecule has 0 saturated heterocycles. The molecule has 0 amide bonds. The standard InChI is InChI=1S/C15H28O4/c1-2-3-4-5-6-7-8-9-10-11-14(17)19-15(18)12-13-16/h16H,2-13H2,1H3. The molecule has 0 aromatic heterocycles. The summed E-state index contributed by atoms with van der Waals surface area (Å²) in [5.74, 6) is -1.11. The summed E-state index contributed by atoms with van der Waals surface area (Å²) in [7, 11) is 0. The van der Waals surface area contributed by atoms with Gasteiger partial charge in [0.05, 0.1) is 13.0 Å². The van der Waals surface area contributed by atoms with E-state index in [2.05, 4.69) is 11.7 Å². The minimum absolute atomic E-state index is 0.108. The largest absolute Gasteiger partial charge is 0.396 e. The van der Waals surface area contributed by atoms with Crippen LogP contribution >= 0.6 is 0 Å². The molecule has 0 aromatic carbocycles. The molecule has 19 heavy (non-hydrogen) atoms. The average molecular weight is 272 g/mol. The topological polar surface area (TPSA) is 63.6 Å². The first-order valence-electron chi connectivity index (χ1n) is 7.55. The summed E-state index contributed by atoms with van der Waals surface area (Å²) in [6, 6.07) is 0. The zero-order chi connectivity index (χ0) is 14.3. The van der Waals surface area contributed by atoms with Gasteiger partial charge in [0.1, 0.15) is 0 Å². The first-order valence-corrected chi connectivity index (χ1v) is 7.55. The number of ether oxygens (including phenoxy) is 1. The number of aliphatic hydroxyl groups is 1. The molecule has 0 fully saturated rings. The van der Waals surface area contributed by atoms with Crippen LogP contribution in [-0.2, 0) is 14.3 Å². The summed E-state index contributed by atoms with van der Waals surface area (Å²) in [6.07, 6.45) is 10.9. The first kappa shape index (κ1) is 18.1. The van der Waals surface area contributed by atoms with Gasteiger partial charge in [0, 0.05) is 6.42 Å². The van der Waals surface area contributed by atoms with E-state index in [1.807, 2.05) is 0 Å². The zero-order valence-electron chi connectivity index (χ0n) is 12.2. The quantitative estimate of drug-likeness (QED) is 0.336. The van der Waals surface area contributed by atoms with E-state index in [0.29, 0.717) is 6.42 Å². The molecular formula is C15H28O4. The lowest BCUT2D eigenvalue weighted by Gasteiger charge is -2.03. The number of carbonyl (C=O) groups is 2. The van der Waals surface area contributed by atoms with Gasteiger partial charge < -0.3 is 9.84 Å². The van der Waals surface area contributed by atoms with E-state index >= 15 is 0 Å². The highest BCUT2D eigenvalue weighted by molar-refractivity contribution is 5.85. The molecule has 1 N–H and O–H groups in total. The number of carbonyl (C=O) groups excluding carboxylic acids is 2. The SMILES string of the molecule is CCCCCCCCCCCC(=O)OC(=O)CCO. The van der Waals surface area contributed by atoms with E-state index in [9.17, 15) is 9.59 Å². The molecule has 0 unspecified atom stereocenters. The number of rotatable bonds is 12. The highest BCUT2D eigenvalue weighted by atomic mass is 16.6. The summed E-state index contributed by atoms with van der Waals surface area (Å²) >= 11 is 0. The van der Waals surface area contributed by atoms with Crippen LogP contribution in [0.5, 0.6) is 0 Å². The highest BCUT2D eigenvalue weighted by Gasteiger charge is 2.08. The van der Waals surface area contributed by atoms with Crippen molar-refractivity contribution in [2.45, 2.75) is 77.6 Å². The van der Waals surface area contributed by atoms with E-state index in [0.717, 1.165) is 19.3 Å². The van der Waals surface area contributed by atoms with Crippen molar-refractivity contribution in [3.8, 4) is 0 Å². The summed E-state index contributed by atoms with van der Waals surface area (Å²) < 4.78 is 4.52. The fourth-order valence-corrected chi connectivity index (χ4v) is 1.90. The Bertz CT molecular complexity index is 238. The Labute approximate surface area is 116 Å². The first-order chi connectivity index (χ1) is 9.20. The third-order valence-electron chi connectivity index (χ3n) is 3.03. The van der Waals surface area contributed by atoms with Crippen LogP contribution in [0.2, 0.25) is 0 Å². The monoisotopic (exact) mass is 272 g/mol. The number of esters is 2. The van der Waals surface area contributed by atoms with Gasteiger partial charge in [-0.15, -0.1) is 0 Å². The predicted octanol–water partition coefficient (Wildman–Crippen LogP) is 3.36. The zero-order valence-corrected chi connectivity index (χ0v) is 12.2. The molecule has 0 atom stereocenters. The molecular weight excluding hydrogens is 244 g/mol. The molecule has 0 aliphatic carbocycles. The van der Waals surface area contributed by atoms with Gasteiger partial charge >= 0.3 is 11.9 Å². The fraction of sp³-hybridized carbons (Fsp3) is 0.867. The maximum Gasteiger partial charge on any atom is 0.315 e. The van der Waals surface area contributed by atoms with Crippen molar-refractivity contribution in [1.82, 2.24) is 0 Å². The molecule has 0 spiro atoms. The normalized spacial score (nSPS) is 10.4. The molecule has 0 aliphatic heterocycles. The van der Waals surface area contributed by atoms with Crippen LogP contribution in [0.25, 0.3) is 0 Å². The number of hydrogen-bond acceptors (Lipinski definition) is 4. The third kappa shape index (κ3) is 13.3. The van der Waals surface area contributed by atoms with Crippen molar-refractivity contribution in [2.75, 3.05) is 6.61 Å². The minimum Gasteiger partial charge on any atom is -0.396 e. The predicted molar refractivity (Wildman–Crippen MR) is 74.6 cm³/mol. The van der Waals surface area contributed by atoms with E-state index < -0.39 is 11.9 Å². The molecule has 4 nitrogen and oxygen atoms in total. The molecule has 0 bridgehead atoms. The van der Waals surface area contributed by atoms with Crippen molar-refractivity contribution in [2.24, 2.45) is 0 Å². The van der Waals surface area contributed by atoms with Crippen molar-refractivity contribution in [1.29, 1.82) is 0 Å². The Balaban J connectivity index is 3.25. The van der Waals surface area contributed by atoms with Gasteiger partial charge in [-0.25, -0.2) is 0 Å². The molecule has 0 aromatic rings. The maximum atomic E-state index is 11.2. The van der Waals surface area contributed by atoms with Crippen LogP contribution in [0.4, 0.5) is 0 Å². The molecule has 4 heteroatoms. The highest BCUT2D eigenvalue weighted by Crippen LogP contribution is 2.10. The second-order valence-electron chi connectivity index (χ2n) is 4.90. The van der Waals surface area contributed by atoms with Crippen LogP contribution in [0.1, 0.15) is 77.6 Å². The number of unbranched alkanes of at least 4 members (excludes halogenated alkanes) is 8. The van der Waals surface area contributed by atoms with Crippen molar-refractivity contribution in [3.05, 3.63) is 0 Å². The number of hydrogen-bond donors (Lipinski definition) is 1. The summed E-state index contributed by atoms with van der Waals surface area (Å²) in [5, 5.41) is 8.49. The molecule has 0 heterocycles. The lowest BCUT2D eigenvalue weighted by molar-refractivity contribution is -0.160. The molecule has 0 radical (unpaired) electrons. The molecule has 0 rings (SSSR count). The lowest BCUT2D eigenvalue weighted by atomic mass is 10.1. The number of aliphatic hydroxyl groups excluding tert-OH is 1. The van der Waals surface area contributed by atoms with Gasteiger partial charge in [-0.2, -0.15) is 0 Å². The van der Waals surface area contributed by atoms with Gasteiger partial charge in [-0.3, -0.25) is 9.59 Å². The van der Waals surface area contributed by atoms with E-state index in [1.54, 1.807) is 0 Å². The minimum atomic E-state index is -0.636. The van der Waals surface area contributed by atoms with Gasteiger partial charge in [-0.1, -0.05) is 58.3 Å². The van der Waals surface area contributed by atoms with E-state index in [-0.39, 0.29) is 13.0 Å². The van der Waals surface area contributed by atoms with Crippen LogP contribution < -0.4 is 0 Å². The Kier molecular flexibility index (Phi) is 12.9. The van der Waals surface area contributed by atoms with Gasteiger partial charge in [0.25, 0.3) is 0 Å². The summed E-state index contributed by atoms with van der Waals surface area (Å²) in [4.78, 5) is 22.1. The van der Waals surface area contributed by atoms with Crippen molar-refractivity contribution < 1.29 is 19.4 Å². The van der Waals surface area contributed by atoms with Crippen LogP contribution in [0, 0.1) is 0 Å². The second kappa shape index (κ2) is 13.5. The second-order valence-corrected chi connectivity index (χ2v) is 4.90. The molecule has 0 aliphatic rings. The Morgan fingerprint density at radius 1 is 0.789 bits per heavy atom. The van der Waals surface area contributed by atoms with Crippen LogP contribution in [0.3, 0.4) is 0 Å². The summed E-state index contributed by atoms with van der Waals surface area (Å²) in [5.41, 5.74) is 0. The van der Waals surface area contributed by atoms with Gasteiger partial charge in [-0.05, 0) is 6.42 Å². The summed E-state index contributed by atoms with van der Waals surface area (Å²) in [6.45, 7) is 1.94. The van der Waals surface area contributed by atoms with Crippen molar-refractivity contribution >= 4 is 11.9 Å². The van der Waals surface area contributed by atoms with Gasteiger partial charge in [0.15, 0.2) is 0 Å². The Morgan fingerprint density at radius 3 is 1.79 bits per heavy atom. The van der Waals surface area contributed by atoms with Crippen LogP contribution in [-0.4, -0.2) is 23.7 Å². The van der Waals surface area contributed by atoms with E-state index in [1.165, 1.54) is 38.5 Å². The molecule has 0 saturated carbocycles. The van der Waals surface area contributed by atoms with Gasteiger partial charge in [0.2, 0.25) is 0 Å². The van der Waals surface area contributed by atoms with Crippen LogP contribution in [0.15, 0.2) is 0 Å².